The smallest absolute Gasteiger partial charge is 0.341 e. The first-order valence-electron chi connectivity index (χ1n) is 11.0. The van der Waals surface area contributed by atoms with Gasteiger partial charge in [-0.2, -0.15) is 0 Å². The number of fused-ring (bicyclic) bond motifs is 3. The Bertz CT molecular complexity index is 1240. The number of carboxylic acids is 1. The van der Waals surface area contributed by atoms with Gasteiger partial charge in [-0.1, -0.05) is 78.5 Å². The van der Waals surface area contributed by atoms with Crippen molar-refractivity contribution in [3.63, 3.8) is 0 Å². The molecule has 0 saturated carbocycles. The molecule has 1 aromatic heterocycles. The zero-order chi connectivity index (χ0) is 23.3. The minimum atomic E-state index is -1.02. The van der Waals surface area contributed by atoms with Gasteiger partial charge in [0.05, 0.1) is 10.6 Å². The van der Waals surface area contributed by atoms with Crippen LogP contribution >= 0.6 is 23.1 Å². The summed E-state index contributed by atoms with van der Waals surface area (Å²) in [5.41, 5.74) is 4.39. The van der Waals surface area contributed by atoms with Gasteiger partial charge in [-0.05, 0) is 29.7 Å². The summed E-state index contributed by atoms with van der Waals surface area (Å²) in [4.78, 5) is 16.9. The summed E-state index contributed by atoms with van der Waals surface area (Å²) in [5, 5.41) is 8.93. The van der Waals surface area contributed by atoms with Gasteiger partial charge in [-0.3, -0.25) is 0 Å². The van der Waals surface area contributed by atoms with Gasteiger partial charge in [0.2, 0.25) is 0 Å². The summed E-state index contributed by atoms with van der Waals surface area (Å²) >= 11 is 3.43. The molecule has 3 aromatic carbocycles. The normalized spacial score (nSPS) is 12.0. The summed E-state index contributed by atoms with van der Waals surface area (Å²) in [6.45, 7) is -0.000502. The zero-order valence-corrected chi connectivity index (χ0v) is 20.0. The number of benzene rings is 3. The Morgan fingerprint density at radius 1 is 1.03 bits per heavy atom. The predicted molar refractivity (Wildman–Crippen MR) is 135 cm³/mol. The second-order valence-corrected chi connectivity index (χ2v) is 10.3. The van der Waals surface area contributed by atoms with Crippen LogP contribution in [0.25, 0.3) is 11.3 Å². The molecule has 0 spiro atoms. The lowest BCUT2D eigenvalue weighted by atomic mass is 9.89. The Balaban J connectivity index is 1.31. The number of hydrogen-bond acceptors (Lipinski definition) is 6. The summed E-state index contributed by atoms with van der Waals surface area (Å²) < 4.78 is 12.3. The Morgan fingerprint density at radius 3 is 2.41 bits per heavy atom. The highest BCUT2D eigenvalue weighted by Gasteiger charge is 2.25. The van der Waals surface area contributed by atoms with E-state index in [1.807, 2.05) is 12.1 Å². The molecule has 0 atom stereocenters. The topological polar surface area (TPSA) is 68.7 Å². The highest BCUT2D eigenvalue weighted by molar-refractivity contribution is 8.01. The van der Waals surface area contributed by atoms with Crippen LogP contribution in [-0.4, -0.2) is 28.4 Å². The Morgan fingerprint density at radius 2 is 1.74 bits per heavy atom. The predicted octanol–water partition coefficient (Wildman–Crippen LogP) is 6.48. The molecule has 1 aliphatic rings. The van der Waals surface area contributed by atoms with Crippen molar-refractivity contribution in [3.05, 3.63) is 94.9 Å². The van der Waals surface area contributed by atoms with Crippen molar-refractivity contribution in [2.24, 2.45) is 0 Å². The van der Waals surface area contributed by atoms with E-state index in [0.717, 1.165) is 32.6 Å². The summed E-state index contributed by atoms with van der Waals surface area (Å²) in [7, 11) is 0. The number of para-hydroxylation sites is 1. The van der Waals surface area contributed by atoms with Crippen molar-refractivity contribution in [2.45, 2.75) is 23.3 Å². The quantitative estimate of drug-likeness (QED) is 0.271. The number of ether oxygens (including phenoxy) is 2. The van der Waals surface area contributed by atoms with Gasteiger partial charge in [0.15, 0.2) is 22.4 Å². The van der Waals surface area contributed by atoms with Crippen LogP contribution in [0.5, 0.6) is 11.5 Å². The van der Waals surface area contributed by atoms with E-state index in [1.165, 1.54) is 11.1 Å². The molecule has 0 radical (unpaired) electrons. The first kappa shape index (κ1) is 22.5. The van der Waals surface area contributed by atoms with E-state index in [1.54, 1.807) is 29.2 Å². The number of carbonyl (C=O) groups is 1. The van der Waals surface area contributed by atoms with Crippen LogP contribution in [0.4, 0.5) is 0 Å². The van der Waals surface area contributed by atoms with E-state index >= 15 is 0 Å². The number of thioether (sulfide) groups is 1. The monoisotopic (exact) mass is 489 g/mol. The summed E-state index contributed by atoms with van der Waals surface area (Å²) in [6.07, 6.45) is 1.00. The van der Waals surface area contributed by atoms with Crippen LogP contribution in [0.3, 0.4) is 0 Å². The molecule has 172 valence electrons. The van der Waals surface area contributed by atoms with Crippen LogP contribution < -0.4 is 9.47 Å². The molecule has 4 aromatic rings. The minimum Gasteiger partial charge on any atom is -0.483 e. The van der Waals surface area contributed by atoms with Crippen molar-refractivity contribution in [1.29, 1.82) is 0 Å². The lowest BCUT2D eigenvalue weighted by molar-refractivity contribution is -0.139. The van der Waals surface area contributed by atoms with Gasteiger partial charge in [-0.15, -0.1) is 11.3 Å². The molecule has 1 aliphatic heterocycles. The standard InChI is InChI=1S/C27H23NO4S2/c29-24(30)17-31-22-13-7-12-21-25-23(16-32-26(21)22)34-27(28-25)33-15-14-20(18-8-3-1-4-9-18)19-10-5-2-6-11-19/h1-13,20H,14-17H2,(H,29,30). The molecule has 0 aliphatic carbocycles. The highest BCUT2D eigenvalue weighted by atomic mass is 32.2. The maximum Gasteiger partial charge on any atom is 0.341 e. The fraction of sp³-hybridized carbons (Fsp3) is 0.185. The van der Waals surface area contributed by atoms with E-state index in [4.69, 9.17) is 19.6 Å². The molecule has 2 heterocycles. The van der Waals surface area contributed by atoms with E-state index in [9.17, 15) is 4.79 Å². The van der Waals surface area contributed by atoms with E-state index < -0.39 is 12.6 Å². The fourth-order valence-electron chi connectivity index (χ4n) is 4.10. The lowest BCUT2D eigenvalue weighted by Gasteiger charge is -2.19. The Hall–Kier alpha value is -3.29. The van der Waals surface area contributed by atoms with Crippen LogP contribution in [0.2, 0.25) is 0 Å². The van der Waals surface area contributed by atoms with Gasteiger partial charge >= 0.3 is 5.97 Å². The number of carboxylic acid groups (broad SMARTS) is 1. The second-order valence-electron chi connectivity index (χ2n) is 7.87. The van der Waals surface area contributed by atoms with Crippen LogP contribution in [0, 0.1) is 0 Å². The molecule has 5 rings (SSSR count). The van der Waals surface area contributed by atoms with Crippen molar-refractivity contribution < 1.29 is 19.4 Å². The molecule has 34 heavy (non-hydrogen) atoms. The second kappa shape index (κ2) is 10.3. The van der Waals surface area contributed by atoms with Crippen molar-refractivity contribution >= 4 is 29.1 Å². The van der Waals surface area contributed by atoms with Gasteiger partial charge in [0.1, 0.15) is 6.61 Å². The first-order valence-corrected chi connectivity index (χ1v) is 12.8. The minimum absolute atomic E-state index is 0.336. The molecular weight excluding hydrogens is 466 g/mol. The number of hydrogen-bond donors (Lipinski definition) is 1. The number of nitrogens with zero attached hydrogens (tertiary/aromatic N) is 1. The molecule has 0 bridgehead atoms. The number of rotatable bonds is 9. The third kappa shape index (κ3) is 4.95. The largest absolute Gasteiger partial charge is 0.483 e. The number of thiazole rings is 1. The van der Waals surface area contributed by atoms with Gasteiger partial charge in [0.25, 0.3) is 0 Å². The van der Waals surface area contributed by atoms with Crippen LogP contribution in [0.15, 0.2) is 83.2 Å². The molecule has 7 heteroatoms. The van der Waals surface area contributed by atoms with Gasteiger partial charge in [-0.25, -0.2) is 9.78 Å². The molecular formula is C27H23NO4S2. The van der Waals surface area contributed by atoms with E-state index in [-0.39, 0.29) is 0 Å². The van der Waals surface area contributed by atoms with Crippen LogP contribution in [-0.2, 0) is 11.4 Å². The Labute approximate surface area is 206 Å². The molecule has 0 amide bonds. The van der Waals surface area contributed by atoms with Crippen molar-refractivity contribution in [3.8, 4) is 22.8 Å². The van der Waals surface area contributed by atoms with Crippen LogP contribution in [0.1, 0.15) is 28.3 Å². The van der Waals surface area contributed by atoms with Crippen molar-refractivity contribution in [2.75, 3.05) is 12.4 Å². The van der Waals surface area contributed by atoms with Gasteiger partial charge < -0.3 is 14.6 Å². The first-order chi connectivity index (χ1) is 16.7. The van der Waals surface area contributed by atoms with E-state index in [0.29, 0.717) is 24.0 Å². The third-order valence-corrected chi connectivity index (χ3v) is 7.85. The molecule has 5 nitrogen and oxygen atoms in total. The molecule has 0 unspecified atom stereocenters. The van der Waals surface area contributed by atoms with Crippen molar-refractivity contribution in [1.82, 2.24) is 4.98 Å². The SMILES string of the molecule is O=C(O)COc1cccc2c1OCc1sc(SCCC(c3ccccc3)c3ccccc3)nc1-2. The molecule has 1 N–H and O–H groups in total. The summed E-state index contributed by atoms with van der Waals surface area (Å²) in [5.74, 6) is 1.25. The van der Waals surface area contributed by atoms with E-state index in [2.05, 4.69) is 60.7 Å². The highest BCUT2D eigenvalue weighted by Crippen LogP contribution is 2.46. The third-order valence-electron chi connectivity index (χ3n) is 5.65. The molecule has 0 fully saturated rings. The maximum absolute atomic E-state index is 10.9. The number of aliphatic carboxylic acids is 1. The molecule has 0 saturated heterocycles. The Kier molecular flexibility index (Phi) is 6.83. The number of aromatic nitrogens is 1. The average molecular weight is 490 g/mol. The maximum atomic E-state index is 10.9. The van der Waals surface area contributed by atoms with Gasteiger partial charge in [0, 0.05) is 17.2 Å². The fourth-order valence-corrected chi connectivity index (χ4v) is 6.29. The average Bonchev–Trinajstić information content (AvgIpc) is 3.30. The zero-order valence-electron chi connectivity index (χ0n) is 18.3. The summed E-state index contributed by atoms with van der Waals surface area (Å²) in [6, 6.07) is 26.8. The lowest BCUT2D eigenvalue weighted by Crippen LogP contribution is -2.11.